The predicted octanol–water partition coefficient (Wildman–Crippen LogP) is 2.66. The Balaban J connectivity index is 1.99. The smallest absolute Gasteiger partial charge is 0.226 e. The fourth-order valence-corrected chi connectivity index (χ4v) is 2.55. The monoisotopic (exact) mass is 260 g/mol. The van der Waals surface area contributed by atoms with Gasteiger partial charge in [0.1, 0.15) is 0 Å². The van der Waals surface area contributed by atoms with Crippen LogP contribution in [0.25, 0.3) is 0 Å². The molecule has 19 heavy (non-hydrogen) atoms. The fraction of sp³-hybridized carbons (Fsp3) is 0.562. The first-order valence-corrected chi connectivity index (χ1v) is 7.12. The van der Waals surface area contributed by atoms with E-state index in [0.717, 1.165) is 31.6 Å². The Morgan fingerprint density at radius 2 is 1.95 bits per heavy atom. The maximum absolute atomic E-state index is 12.3. The van der Waals surface area contributed by atoms with E-state index in [9.17, 15) is 4.79 Å². The number of carbonyl (C=O) groups is 1. The molecular weight excluding hydrogens is 236 g/mol. The van der Waals surface area contributed by atoms with Crippen LogP contribution in [0.2, 0.25) is 0 Å². The third kappa shape index (κ3) is 3.57. The first-order valence-electron chi connectivity index (χ1n) is 7.12. The molecule has 1 aliphatic rings. The topological polar surface area (TPSA) is 32.3 Å². The van der Waals surface area contributed by atoms with Gasteiger partial charge in [0.2, 0.25) is 5.91 Å². The highest BCUT2D eigenvalue weighted by Gasteiger charge is 2.19. The van der Waals surface area contributed by atoms with Crippen LogP contribution in [0.15, 0.2) is 18.2 Å². The van der Waals surface area contributed by atoms with Crippen molar-refractivity contribution in [2.75, 3.05) is 25.0 Å². The van der Waals surface area contributed by atoms with Crippen LogP contribution in [0.5, 0.6) is 0 Å². The molecule has 0 radical (unpaired) electrons. The quantitative estimate of drug-likeness (QED) is 0.906. The molecule has 1 heterocycles. The summed E-state index contributed by atoms with van der Waals surface area (Å²) in [7, 11) is 1.88. The zero-order valence-corrected chi connectivity index (χ0v) is 12.2. The number of piperidine rings is 1. The Hall–Kier alpha value is -1.35. The summed E-state index contributed by atoms with van der Waals surface area (Å²) in [6.07, 6.45) is 2.91. The average molecular weight is 260 g/mol. The number of hydrogen-bond donors (Lipinski definition) is 1. The highest BCUT2D eigenvalue weighted by atomic mass is 16.2. The maximum Gasteiger partial charge on any atom is 0.226 e. The van der Waals surface area contributed by atoms with Gasteiger partial charge < -0.3 is 10.2 Å². The van der Waals surface area contributed by atoms with Crippen LogP contribution >= 0.6 is 0 Å². The lowest BCUT2D eigenvalue weighted by atomic mass is 9.94. The Morgan fingerprint density at radius 3 is 2.58 bits per heavy atom. The van der Waals surface area contributed by atoms with E-state index in [0.29, 0.717) is 12.3 Å². The highest BCUT2D eigenvalue weighted by Crippen LogP contribution is 2.21. The van der Waals surface area contributed by atoms with E-state index in [2.05, 4.69) is 31.3 Å². The van der Waals surface area contributed by atoms with E-state index in [4.69, 9.17) is 0 Å². The van der Waals surface area contributed by atoms with Gasteiger partial charge in [-0.1, -0.05) is 6.07 Å². The van der Waals surface area contributed by atoms with Crippen molar-refractivity contribution >= 4 is 11.6 Å². The van der Waals surface area contributed by atoms with Gasteiger partial charge in [-0.05, 0) is 69.0 Å². The average Bonchev–Trinajstić information content (AvgIpc) is 2.42. The van der Waals surface area contributed by atoms with Crippen LogP contribution in [0.3, 0.4) is 0 Å². The second-order valence-electron chi connectivity index (χ2n) is 5.62. The molecule has 0 saturated carbocycles. The molecule has 2 rings (SSSR count). The summed E-state index contributed by atoms with van der Waals surface area (Å²) >= 11 is 0. The van der Waals surface area contributed by atoms with E-state index in [1.54, 1.807) is 4.90 Å². The molecule has 0 aromatic heterocycles. The second-order valence-corrected chi connectivity index (χ2v) is 5.62. The zero-order valence-electron chi connectivity index (χ0n) is 12.2. The number of nitrogens with one attached hydrogen (secondary N) is 1. The molecule has 0 unspecified atom stereocenters. The molecule has 1 aliphatic heterocycles. The number of amides is 1. The number of hydrogen-bond acceptors (Lipinski definition) is 2. The second kappa shape index (κ2) is 6.20. The number of anilines is 1. The lowest BCUT2D eigenvalue weighted by Crippen LogP contribution is -2.33. The van der Waals surface area contributed by atoms with Crippen LogP contribution in [-0.4, -0.2) is 26.0 Å². The number of aryl methyl sites for hydroxylation is 2. The van der Waals surface area contributed by atoms with Crippen molar-refractivity contribution in [2.45, 2.75) is 33.1 Å². The van der Waals surface area contributed by atoms with Gasteiger partial charge in [-0.2, -0.15) is 0 Å². The van der Waals surface area contributed by atoms with Gasteiger partial charge in [0.05, 0.1) is 0 Å². The van der Waals surface area contributed by atoms with E-state index in [-0.39, 0.29) is 5.91 Å². The number of nitrogens with zero attached hydrogens (tertiary/aromatic N) is 1. The largest absolute Gasteiger partial charge is 0.317 e. The van der Waals surface area contributed by atoms with Crippen LogP contribution in [0.4, 0.5) is 5.69 Å². The molecule has 1 aromatic rings. The van der Waals surface area contributed by atoms with Crippen molar-refractivity contribution in [3.05, 3.63) is 29.3 Å². The molecule has 0 bridgehead atoms. The van der Waals surface area contributed by atoms with Crippen molar-refractivity contribution in [3.63, 3.8) is 0 Å². The standard InChI is InChI=1S/C16H24N2O/c1-12-4-5-15(10-13(12)2)18(3)16(19)11-14-6-8-17-9-7-14/h4-5,10,14,17H,6-9,11H2,1-3H3. The molecule has 0 spiro atoms. The van der Waals surface area contributed by atoms with E-state index in [1.807, 2.05) is 13.1 Å². The number of rotatable bonds is 3. The first kappa shape index (κ1) is 14.1. The predicted molar refractivity (Wildman–Crippen MR) is 79.5 cm³/mol. The molecule has 3 heteroatoms. The summed E-state index contributed by atoms with van der Waals surface area (Å²) in [5, 5.41) is 3.34. The van der Waals surface area contributed by atoms with Crippen molar-refractivity contribution in [2.24, 2.45) is 5.92 Å². The van der Waals surface area contributed by atoms with Crippen LogP contribution in [0, 0.1) is 19.8 Å². The summed E-state index contributed by atoms with van der Waals surface area (Å²) in [6.45, 7) is 6.27. The van der Waals surface area contributed by atoms with Gasteiger partial charge in [0.25, 0.3) is 0 Å². The minimum absolute atomic E-state index is 0.232. The van der Waals surface area contributed by atoms with E-state index >= 15 is 0 Å². The van der Waals surface area contributed by atoms with Gasteiger partial charge in [-0.25, -0.2) is 0 Å². The maximum atomic E-state index is 12.3. The molecule has 1 N–H and O–H groups in total. The zero-order chi connectivity index (χ0) is 13.8. The lowest BCUT2D eigenvalue weighted by Gasteiger charge is -2.25. The van der Waals surface area contributed by atoms with Crippen molar-refractivity contribution < 1.29 is 4.79 Å². The van der Waals surface area contributed by atoms with Gasteiger partial charge in [0.15, 0.2) is 0 Å². The van der Waals surface area contributed by atoms with E-state index < -0.39 is 0 Å². The van der Waals surface area contributed by atoms with Crippen LogP contribution in [-0.2, 0) is 4.79 Å². The minimum atomic E-state index is 0.232. The molecule has 104 valence electrons. The van der Waals surface area contributed by atoms with Crippen molar-refractivity contribution in [1.29, 1.82) is 0 Å². The summed E-state index contributed by atoms with van der Waals surface area (Å²) in [6, 6.07) is 6.21. The lowest BCUT2D eigenvalue weighted by molar-refractivity contribution is -0.119. The molecule has 1 amide bonds. The third-order valence-corrected chi connectivity index (χ3v) is 4.17. The molecular formula is C16H24N2O. The SMILES string of the molecule is Cc1ccc(N(C)C(=O)CC2CCNCC2)cc1C. The normalized spacial score (nSPS) is 16.4. The highest BCUT2D eigenvalue weighted by molar-refractivity contribution is 5.93. The number of benzene rings is 1. The van der Waals surface area contributed by atoms with Crippen molar-refractivity contribution in [1.82, 2.24) is 5.32 Å². The van der Waals surface area contributed by atoms with Crippen molar-refractivity contribution in [3.8, 4) is 0 Å². The Kier molecular flexibility index (Phi) is 4.59. The minimum Gasteiger partial charge on any atom is -0.317 e. The van der Waals surface area contributed by atoms with Crippen LogP contribution < -0.4 is 10.2 Å². The fourth-order valence-electron chi connectivity index (χ4n) is 2.55. The molecule has 1 saturated heterocycles. The molecule has 0 aliphatic carbocycles. The molecule has 0 atom stereocenters. The molecule has 1 aromatic carbocycles. The summed E-state index contributed by atoms with van der Waals surface area (Å²) in [5.74, 6) is 0.776. The van der Waals surface area contributed by atoms with E-state index in [1.165, 1.54) is 11.1 Å². The van der Waals surface area contributed by atoms with Gasteiger partial charge in [-0.15, -0.1) is 0 Å². The summed E-state index contributed by atoms with van der Waals surface area (Å²) in [5.41, 5.74) is 3.50. The molecule has 1 fully saturated rings. The molecule has 3 nitrogen and oxygen atoms in total. The van der Waals surface area contributed by atoms with Crippen LogP contribution in [0.1, 0.15) is 30.4 Å². The van der Waals surface area contributed by atoms with Gasteiger partial charge >= 0.3 is 0 Å². The summed E-state index contributed by atoms with van der Waals surface area (Å²) < 4.78 is 0. The summed E-state index contributed by atoms with van der Waals surface area (Å²) in [4.78, 5) is 14.1. The Bertz CT molecular complexity index is 450. The van der Waals surface area contributed by atoms with Gasteiger partial charge in [-0.3, -0.25) is 4.79 Å². The Labute approximate surface area is 116 Å². The number of carbonyl (C=O) groups excluding carboxylic acids is 1. The van der Waals surface area contributed by atoms with Gasteiger partial charge in [0, 0.05) is 19.2 Å². The third-order valence-electron chi connectivity index (χ3n) is 4.17. The first-order chi connectivity index (χ1) is 9.08. The Morgan fingerprint density at radius 1 is 1.26 bits per heavy atom.